The molecule has 5 N–H and O–H groups in total. The van der Waals surface area contributed by atoms with Crippen LogP contribution >= 0.6 is 0 Å². The lowest BCUT2D eigenvalue weighted by molar-refractivity contribution is -0.865. The molecule has 6 atom stereocenters. The van der Waals surface area contributed by atoms with E-state index in [9.17, 15) is 36.4 Å². The van der Waals surface area contributed by atoms with E-state index in [1.54, 1.807) is 48.5 Å². The number of nitrogens with one attached hydrogen (secondary N) is 3. The highest BCUT2D eigenvalue weighted by atomic mass is 32.2. The van der Waals surface area contributed by atoms with Crippen molar-refractivity contribution < 1.29 is 60.3 Å². The van der Waals surface area contributed by atoms with Crippen molar-refractivity contribution in [3.05, 3.63) is 24.4 Å². The minimum absolute atomic E-state index is 0.00909. The highest BCUT2D eigenvalue weighted by Crippen LogP contribution is 2.47. The van der Waals surface area contributed by atoms with Gasteiger partial charge in [-0.05, 0) is 63.6 Å². The Labute approximate surface area is 311 Å². The van der Waals surface area contributed by atoms with Crippen LogP contribution in [0.3, 0.4) is 0 Å². The molecule has 2 aromatic rings. The maximum atomic E-state index is 14.5. The molecule has 3 fully saturated rings. The van der Waals surface area contributed by atoms with Gasteiger partial charge in [0.15, 0.2) is 17.5 Å². The summed E-state index contributed by atoms with van der Waals surface area (Å²) < 4.78 is 76.6. The van der Waals surface area contributed by atoms with Crippen LogP contribution in [0.25, 0.3) is 10.8 Å². The van der Waals surface area contributed by atoms with Gasteiger partial charge in [-0.25, -0.2) is 27.7 Å². The number of sulfonamides is 1. The number of carbonyl (C=O) groups excluding carboxylic acids is 4. The number of fused-ring (bicyclic) bond motifs is 3. The van der Waals surface area contributed by atoms with Crippen molar-refractivity contribution in [3.8, 4) is 17.4 Å². The van der Waals surface area contributed by atoms with Gasteiger partial charge in [-0.1, -0.05) is 27.7 Å². The Hall–Kier alpha value is -4.36. The molecule has 1 aromatic carbocycles. The van der Waals surface area contributed by atoms with Crippen molar-refractivity contribution in [1.82, 2.24) is 19.9 Å². The first-order valence-corrected chi connectivity index (χ1v) is 19.4. The smallest absolute Gasteiger partial charge is 0.472 e. The van der Waals surface area contributed by atoms with E-state index in [-0.39, 0.29) is 52.5 Å². The summed E-state index contributed by atoms with van der Waals surface area (Å²) in [4.78, 5) is 61.2. The van der Waals surface area contributed by atoms with E-state index in [1.165, 1.54) is 29.3 Å². The zero-order chi connectivity index (χ0) is 39.8. The number of aromatic nitrogens is 1. The zero-order valence-corrected chi connectivity index (χ0v) is 32.0. The molecule has 54 heavy (non-hydrogen) atoms. The van der Waals surface area contributed by atoms with Crippen molar-refractivity contribution in [3.63, 3.8) is 0 Å². The minimum Gasteiger partial charge on any atom is -0.472 e. The fourth-order valence-electron chi connectivity index (χ4n) is 7.13. The van der Waals surface area contributed by atoms with Crippen molar-refractivity contribution in [2.45, 2.75) is 121 Å². The number of amides is 4. The quantitative estimate of drug-likeness (QED) is 0.155. The highest BCUT2D eigenvalue weighted by Gasteiger charge is 2.71. The molecule has 0 spiro atoms. The first-order chi connectivity index (χ1) is 25.0. The number of likely N-dealkylation sites (tertiary alicyclic amines) is 1. The molecule has 4 aliphatic rings. The molecular formula is C35H47F2N6O10S+. The molecule has 6 rings (SSSR count). The summed E-state index contributed by atoms with van der Waals surface area (Å²) in [6, 6.07) is 1.66. The molecule has 296 valence electrons. The molecule has 1 saturated heterocycles. The van der Waals surface area contributed by atoms with Crippen molar-refractivity contribution in [2.75, 3.05) is 6.54 Å². The first-order valence-electron chi connectivity index (χ1n) is 17.8. The van der Waals surface area contributed by atoms with Crippen LogP contribution in [-0.4, -0.2) is 89.5 Å². The van der Waals surface area contributed by atoms with E-state index in [0.717, 1.165) is 0 Å². The number of carbonyl (C=O) groups is 4. The fraction of sp³-hybridized carbons (Fsp3) is 0.629. The van der Waals surface area contributed by atoms with Gasteiger partial charge >= 0.3 is 18.3 Å². The van der Waals surface area contributed by atoms with Crippen LogP contribution in [-0.2, 0) is 29.1 Å². The van der Waals surface area contributed by atoms with Gasteiger partial charge in [-0.3, -0.25) is 9.59 Å². The third-order valence-corrected chi connectivity index (χ3v) is 11.9. The first kappa shape index (κ1) is 39.3. The predicted octanol–water partition coefficient (Wildman–Crippen LogP) is 1.91. The molecule has 19 heteroatoms. The number of hydrogen-bond acceptors (Lipinski definition) is 12. The van der Waals surface area contributed by atoms with Gasteiger partial charge in [-0.15, -0.1) is 8.78 Å². The number of quaternary nitrogens is 1. The average Bonchev–Trinajstić information content (AvgIpc) is 3.97. The summed E-state index contributed by atoms with van der Waals surface area (Å²) in [5.74, 6) is 3.42. The topological polar surface area (TPSA) is 210 Å². The molecule has 4 amide bonds. The number of benzene rings is 1. The van der Waals surface area contributed by atoms with Crippen molar-refractivity contribution in [1.29, 1.82) is 0 Å². The van der Waals surface area contributed by atoms with Gasteiger partial charge in [0.05, 0.1) is 11.8 Å². The zero-order valence-electron chi connectivity index (χ0n) is 31.2. The van der Waals surface area contributed by atoms with Gasteiger partial charge in [0.2, 0.25) is 27.3 Å². The lowest BCUT2D eigenvalue weighted by Gasteiger charge is -2.36. The Morgan fingerprint density at radius 3 is 2.37 bits per heavy atom. The number of alkyl halides is 2. The minimum atomic E-state index is -3.97. The van der Waals surface area contributed by atoms with E-state index in [4.69, 9.17) is 20.1 Å². The number of nitrogens with zero attached hydrogens (tertiary/aromatic N) is 2. The number of alkyl carbamates (subject to hydrolysis) is 1. The standard InChI is InChI=1S/C35H46F2N6O10S/c1-8-18-16-34(18,30(46)41-54(48,49)20-9-10-20)43(38)28(44)23-15-19(17-42(23)29(45)26(32(2,3)4)40-31(47)53-33(5,6)7)50-27-22-11-12-24-25(21(22)13-14-39-27)52-35(36,37)51-24/h11-14,18-20,23,26H,8-10,15-17,38H2,1-7H3,(H,40,47)(H,41,46)/p+1/t18-,19-,23+,26-,34-/m1/s1. The third-order valence-electron chi connectivity index (χ3n) is 10.1. The van der Waals surface area contributed by atoms with Gasteiger partial charge < -0.3 is 29.2 Å². The molecule has 1 unspecified atom stereocenters. The number of halogens is 2. The molecule has 1 aromatic heterocycles. The van der Waals surface area contributed by atoms with Gasteiger partial charge in [-0.2, -0.15) is 10.9 Å². The van der Waals surface area contributed by atoms with Crippen LogP contribution in [0.2, 0.25) is 0 Å². The van der Waals surface area contributed by atoms with E-state index >= 15 is 0 Å². The summed E-state index contributed by atoms with van der Waals surface area (Å²) in [5, 5.41) is 2.07. The predicted molar refractivity (Wildman–Crippen MR) is 186 cm³/mol. The fourth-order valence-corrected chi connectivity index (χ4v) is 8.50. The molecule has 16 nitrogen and oxygen atoms in total. The molecule has 3 heterocycles. The van der Waals surface area contributed by atoms with Gasteiger partial charge in [0, 0.05) is 35.7 Å². The summed E-state index contributed by atoms with van der Waals surface area (Å²) in [7, 11) is -3.97. The number of rotatable bonds is 10. The summed E-state index contributed by atoms with van der Waals surface area (Å²) in [6.07, 6.45) is -3.10. The molecular weight excluding hydrogens is 734 g/mol. The number of pyridine rings is 1. The highest BCUT2D eigenvalue weighted by molar-refractivity contribution is 7.91. The SMILES string of the molecule is CC[C@@H]1C[C@@]1(C(=O)NS(=O)(=O)C1CC1)[NH+](N)C(=O)[C@@H]1C[C@@H](Oc2nccc3c4c(ccc23)OC(F)(F)O4)CN1C(=O)[C@@H](NC(=O)OC(C)(C)C)C(C)(C)C. The number of nitrogens with two attached hydrogens (primary N) is 1. The number of hydrogen-bond donors (Lipinski definition) is 4. The van der Waals surface area contributed by atoms with Crippen LogP contribution in [0.4, 0.5) is 13.6 Å². The van der Waals surface area contributed by atoms with Crippen LogP contribution in [0, 0.1) is 11.3 Å². The lowest BCUT2D eigenvalue weighted by atomic mass is 9.85. The molecule has 2 saturated carbocycles. The van der Waals surface area contributed by atoms with E-state index < -0.39 is 86.0 Å². The molecule has 0 radical (unpaired) electrons. The van der Waals surface area contributed by atoms with E-state index in [2.05, 4.69) is 19.8 Å². The monoisotopic (exact) mass is 781 g/mol. The van der Waals surface area contributed by atoms with Gasteiger partial charge in [0.25, 0.3) is 5.91 Å². The average molecular weight is 782 g/mol. The lowest BCUT2D eigenvalue weighted by Crippen LogP contribution is -3.27. The molecule has 2 aliphatic heterocycles. The van der Waals surface area contributed by atoms with Crippen LogP contribution in [0.15, 0.2) is 24.4 Å². The van der Waals surface area contributed by atoms with Crippen LogP contribution < -0.4 is 35.1 Å². The number of ether oxygens (including phenoxy) is 4. The maximum absolute atomic E-state index is 14.5. The van der Waals surface area contributed by atoms with E-state index in [1.807, 2.05) is 0 Å². The van der Waals surface area contributed by atoms with Crippen molar-refractivity contribution in [2.24, 2.45) is 17.2 Å². The second-order valence-electron chi connectivity index (χ2n) is 16.4. The Bertz CT molecular complexity index is 1980. The molecule has 0 bridgehead atoms. The normalized spacial score (nSPS) is 25.8. The largest absolute Gasteiger partial charge is 0.586 e. The Morgan fingerprint density at radius 2 is 1.78 bits per heavy atom. The Balaban J connectivity index is 1.32. The maximum Gasteiger partial charge on any atom is 0.586 e. The Morgan fingerprint density at radius 1 is 1.09 bits per heavy atom. The van der Waals surface area contributed by atoms with Crippen LogP contribution in [0.1, 0.15) is 80.6 Å². The van der Waals surface area contributed by atoms with Crippen LogP contribution in [0.5, 0.6) is 17.4 Å². The summed E-state index contributed by atoms with van der Waals surface area (Å²) in [5.41, 5.74) is -3.40. The Kier molecular flexibility index (Phi) is 9.79. The summed E-state index contributed by atoms with van der Waals surface area (Å²) in [6.45, 7) is 11.7. The summed E-state index contributed by atoms with van der Waals surface area (Å²) >= 11 is 0. The molecule has 2 aliphatic carbocycles. The second-order valence-corrected chi connectivity index (χ2v) is 18.4. The van der Waals surface area contributed by atoms with E-state index in [0.29, 0.717) is 19.3 Å². The van der Waals surface area contributed by atoms with Gasteiger partial charge in [0.1, 0.15) is 17.7 Å². The van der Waals surface area contributed by atoms with Crippen molar-refractivity contribution >= 4 is 44.6 Å². The second kappa shape index (κ2) is 13.4. The third kappa shape index (κ3) is 7.62.